The topological polar surface area (TPSA) is 80.5 Å². The molecule has 1 aromatic carbocycles. The van der Waals surface area contributed by atoms with Crippen LogP contribution in [0.1, 0.15) is 48.0 Å². The summed E-state index contributed by atoms with van der Waals surface area (Å²) in [6, 6.07) is 4.37. The van der Waals surface area contributed by atoms with Crippen LogP contribution in [0.5, 0.6) is 0 Å². The van der Waals surface area contributed by atoms with Crippen LogP contribution in [0, 0.1) is 19.3 Å². The van der Waals surface area contributed by atoms with E-state index in [9.17, 15) is 13.2 Å². The van der Waals surface area contributed by atoms with Crippen LogP contribution in [0.25, 0.3) is 0 Å². The number of terminal acetylenes is 1. The van der Waals surface area contributed by atoms with Gasteiger partial charge in [-0.25, -0.2) is 8.42 Å². The van der Waals surface area contributed by atoms with Crippen molar-refractivity contribution in [2.24, 2.45) is 5.73 Å². The zero-order valence-corrected chi connectivity index (χ0v) is 14.1. The number of hydrogen-bond donors (Lipinski definition) is 1. The highest BCUT2D eigenvalue weighted by molar-refractivity contribution is 7.89. The molecule has 1 aromatic rings. The van der Waals surface area contributed by atoms with E-state index in [1.54, 1.807) is 13.0 Å². The number of carbonyl (C=O) groups is 1. The molecule has 0 spiro atoms. The van der Waals surface area contributed by atoms with Gasteiger partial charge in [-0.15, -0.1) is 6.42 Å². The van der Waals surface area contributed by atoms with Gasteiger partial charge in [-0.05, 0) is 37.5 Å². The molecular weight excluding hydrogens is 312 g/mol. The average molecular weight is 334 g/mol. The molecule has 0 heterocycles. The maximum absolute atomic E-state index is 13.0. The molecule has 0 aliphatic heterocycles. The Morgan fingerprint density at radius 2 is 2.00 bits per heavy atom. The van der Waals surface area contributed by atoms with Gasteiger partial charge in [0.2, 0.25) is 15.9 Å². The standard InChI is InChI=1S/C17H22N2O3S/c1-3-11-19(14-7-5-4-6-8-14)23(21,22)15-10-9-13(2)16(12-15)17(18)20/h1,9-10,12,14H,4-8,11H2,2H3,(H2,18,20). The van der Waals surface area contributed by atoms with Gasteiger partial charge in [0.1, 0.15) is 0 Å². The molecule has 1 fully saturated rings. The normalized spacial score (nSPS) is 16.2. The third kappa shape index (κ3) is 3.74. The SMILES string of the molecule is C#CCN(C1CCCCC1)S(=O)(=O)c1ccc(C)c(C(N)=O)c1. The maximum atomic E-state index is 13.0. The first kappa shape index (κ1) is 17.5. The van der Waals surface area contributed by atoms with Gasteiger partial charge in [0.05, 0.1) is 11.4 Å². The molecule has 2 N–H and O–H groups in total. The summed E-state index contributed by atoms with van der Waals surface area (Å²) in [7, 11) is -3.75. The Morgan fingerprint density at radius 1 is 1.35 bits per heavy atom. The minimum absolute atomic E-state index is 0.0345. The highest BCUT2D eigenvalue weighted by Crippen LogP contribution is 2.28. The molecule has 2 rings (SSSR count). The van der Waals surface area contributed by atoms with Crippen molar-refractivity contribution in [3.05, 3.63) is 29.3 Å². The molecule has 0 bridgehead atoms. The Kier molecular flexibility index (Phi) is 5.45. The van der Waals surface area contributed by atoms with Crippen LogP contribution in [0.2, 0.25) is 0 Å². The number of sulfonamides is 1. The Morgan fingerprint density at radius 3 is 2.57 bits per heavy atom. The fraction of sp³-hybridized carbons (Fsp3) is 0.471. The molecule has 0 saturated heterocycles. The summed E-state index contributed by atoms with van der Waals surface area (Å²) >= 11 is 0. The van der Waals surface area contributed by atoms with Crippen molar-refractivity contribution in [3.8, 4) is 12.3 Å². The van der Waals surface area contributed by atoms with Crippen molar-refractivity contribution in [2.75, 3.05) is 6.54 Å². The van der Waals surface area contributed by atoms with Gasteiger partial charge in [0.25, 0.3) is 0 Å². The van der Waals surface area contributed by atoms with Crippen molar-refractivity contribution < 1.29 is 13.2 Å². The number of nitrogens with two attached hydrogens (primary N) is 1. The minimum Gasteiger partial charge on any atom is -0.366 e. The second kappa shape index (κ2) is 7.16. The van der Waals surface area contributed by atoms with Crippen LogP contribution in [0.15, 0.2) is 23.1 Å². The van der Waals surface area contributed by atoms with Gasteiger partial charge in [-0.2, -0.15) is 4.31 Å². The predicted molar refractivity (Wildman–Crippen MR) is 89.3 cm³/mol. The molecular formula is C17H22N2O3S. The predicted octanol–water partition coefficient (Wildman–Crippen LogP) is 2.05. The highest BCUT2D eigenvalue weighted by Gasteiger charge is 2.32. The third-order valence-electron chi connectivity index (χ3n) is 4.31. The van der Waals surface area contributed by atoms with Crippen LogP contribution >= 0.6 is 0 Å². The Bertz CT molecular complexity index is 729. The first-order chi connectivity index (χ1) is 10.9. The zero-order valence-electron chi connectivity index (χ0n) is 13.3. The van der Waals surface area contributed by atoms with E-state index in [1.807, 2.05) is 0 Å². The lowest BCUT2D eigenvalue weighted by Gasteiger charge is -2.32. The fourth-order valence-corrected chi connectivity index (χ4v) is 4.66. The third-order valence-corrected chi connectivity index (χ3v) is 6.20. The summed E-state index contributed by atoms with van der Waals surface area (Å²) in [6.07, 6.45) is 10.1. The lowest BCUT2D eigenvalue weighted by atomic mass is 9.95. The van der Waals surface area contributed by atoms with Crippen LogP contribution in [0.4, 0.5) is 0 Å². The van der Waals surface area contributed by atoms with E-state index in [2.05, 4.69) is 5.92 Å². The first-order valence-corrected chi connectivity index (χ1v) is 9.17. The van der Waals surface area contributed by atoms with Crippen LogP contribution in [0.3, 0.4) is 0 Å². The highest BCUT2D eigenvalue weighted by atomic mass is 32.2. The Labute approximate surface area is 137 Å². The molecule has 0 radical (unpaired) electrons. The van der Waals surface area contributed by atoms with Crippen LogP contribution in [-0.2, 0) is 10.0 Å². The van der Waals surface area contributed by atoms with E-state index < -0.39 is 15.9 Å². The number of benzene rings is 1. The number of amides is 1. The van der Waals surface area contributed by atoms with Crippen LogP contribution < -0.4 is 5.73 Å². The van der Waals surface area contributed by atoms with Crippen molar-refractivity contribution in [3.63, 3.8) is 0 Å². The van der Waals surface area contributed by atoms with E-state index >= 15 is 0 Å². The van der Waals surface area contributed by atoms with Gasteiger partial charge >= 0.3 is 0 Å². The summed E-state index contributed by atoms with van der Waals surface area (Å²) in [6.45, 7) is 1.75. The number of carbonyl (C=O) groups excluding carboxylic acids is 1. The monoisotopic (exact) mass is 334 g/mol. The summed E-state index contributed by atoms with van der Waals surface area (Å²) in [5.74, 6) is 1.81. The lowest BCUT2D eigenvalue weighted by molar-refractivity contribution is 0.0999. The van der Waals surface area contributed by atoms with Gasteiger partial charge in [0.15, 0.2) is 0 Å². The van der Waals surface area contributed by atoms with E-state index in [-0.39, 0.29) is 23.0 Å². The summed E-state index contributed by atoms with van der Waals surface area (Å²) in [4.78, 5) is 11.5. The second-order valence-electron chi connectivity index (χ2n) is 5.89. The number of primary amides is 1. The van der Waals surface area contributed by atoms with Crippen molar-refractivity contribution in [1.29, 1.82) is 0 Å². The summed E-state index contributed by atoms with van der Waals surface area (Å²) in [5.41, 5.74) is 6.19. The van der Waals surface area contributed by atoms with Crippen LogP contribution in [-0.4, -0.2) is 31.2 Å². The molecule has 0 unspecified atom stereocenters. The van der Waals surface area contributed by atoms with Crippen molar-refractivity contribution in [1.82, 2.24) is 4.31 Å². The maximum Gasteiger partial charge on any atom is 0.249 e. The molecule has 23 heavy (non-hydrogen) atoms. The lowest BCUT2D eigenvalue weighted by Crippen LogP contribution is -2.41. The number of aryl methyl sites for hydroxylation is 1. The van der Waals surface area contributed by atoms with Crippen molar-refractivity contribution in [2.45, 2.75) is 50.0 Å². The Hall–Kier alpha value is -1.84. The molecule has 1 aliphatic carbocycles. The van der Waals surface area contributed by atoms with Gasteiger partial charge in [-0.1, -0.05) is 31.2 Å². The smallest absolute Gasteiger partial charge is 0.249 e. The van der Waals surface area contributed by atoms with Gasteiger partial charge in [-0.3, -0.25) is 4.79 Å². The second-order valence-corrected chi connectivity index (χ2v) is 7.78. The Balaban J connectivity index is 2.43. The zero-order chi connectivity index (χ0) is 17.0. The average Bonchev–Trinajstić information content (AvgIpc) is 2.53. The molecule has 6 heteroatoms. The first-order valence-electron chi connectivity index (χ1n) is 7.73. The largest absolute Gasteiger partial charge is 0.366 e. The van der Waals surface area contributed by atoms with E-state index in [0.29, 0.717) is 5.56 Å². The number of nitrogens with zero attached hydrogens (tertiary/aromatic N) is 1. The quantitative estimate of drug-likeness (QED) is 0.837. The molecule has 0 aromatic heterocycles. The van der Waals surface area contributed by atoms with E-state index in [1.165, 1.54) is 16.4 Å². The number of hydrogen-bond acceptors (Lipinski definition) is 3. The van der Waals surface area contributed by atoms with Gasteiger partial charge in [0, 0.05) is 11.6 Å². The van der Waals surface area contributed by atoms with E-state index in [0.717, 1.165) is 32.1 Å². The van der Waals surface area contributed by atoms with E-state index in [4.69, 9.17) is 12.2 Å². The molecule has 0 atom stereocenters. The van der Waals surface area contributed by atoms with Gasteiger partial charge < -0.3 is 5.73 Å². The van der Waals surface area contributed by atoms with Crippen molar-refractivity contribution >= 4 is 15.9 Å². The molecule has 1 saturated carbocycles. The summed E-state index contributed by atoms with van der Waals surface area (Å²) in [5, 5.41) is 0. The molecule has 124 valence electrons. The minimum atomic E-state index is -3.75. The summed E-state index contributed by atoms with van der Waals surface area (Å²) < 4.78 is 27.4. The number of rotatable bonds is 5. The molecule has 1 aliphatic rings. The molecule has 5 nitrogen and oxygen atoms in total. The molecule has 1 amide bonds. The fourth-order valence-electron chi connectivity index (χ4n) is 3.03.